The summed E-state index contributed by atoms with van der Waals surface area (Å²) in [4.78, 5) is 28.8. The number of pyridine rings is 1. The van der Waals surface area contributed by atoms with E-state index in [1.807, 2.05) is 31.2 Å². The summed E-state index contributed by atoms with van der Waals surface area (Å²) >= 11 is 0. The lowest BCUT2D eigenvalue weighted by Gasteiger charge is -2.12. The first-order valence-corrected chi connectivity index (χ1v) is 8.73. The molecule has 130 valence electrons. The molecule has 1 aromatic carbocycles. The van der Waals surface area contributed by atoms with E-state index in [1.165, 1.54) is 0 Å². The van der Waals surface area contributed by atoms with Gasteiger partial charge in [-0.25, -0.2) is 4.98 Å². The van der Waals surface area contributed by atoms with Gasteiger partial charge in [-0.2, -0.15) is 0 Å². The quantitative estimate of drug-likeness (QED) is 0.881. The van der Waals surface area contributed by atoms with Gasteiger partial charge >= 0.3 is 0 Å². The Kier molecular flexibility index (Phi) is 5.43. The smallest absolute Gasteiger partial charge is 0.270 e. The molecule has 1 aliphatic carbocycles. The standard InChI is InChI=1S/C20H23N3O2/c1-14-6-4-7-15(12-14)13-21-19(24)17-10-5-11-18(23-17)20(25)22-16-8-2-3-9-16/h4-7,10-12,16H,2-3,8-9,13H2,1H3,(H,21,24)(H,22,25). The molecule has 1 aliphatic rings. The summed E-state index contributed by atoms with van der Waals surface area (Å²) in [6, 6.07) is 13.2. The van der Waals surface area contributed by atoms with Crippen molar-refractivity contribution in [2.75, 3.05) is 0 Å². The lowest BCUT2D eigenvalue weighted by atomic mass is 10.1. The summed E-state index contributed by atoms with van der Waals surface area (Å²) < 4.78 is 0. The van der Waals surface area contributed by atoms with Crippen LogP contribution in [-0.4, -0.2) is 22.8 Å². The number of rotatable bonds is 5. The molecule has 3 rings (SSSR count). The molecule has 0 radical (unpaired) electrons. The Hall–Kier alpha value is -2.69. The summed E-state index contributed by atoms with van der Waals surface area (Å²) in [5.74, 6) is -0.489. The predicted molar refractivity (Wildman–Crippen MR) is 96.3 cm³/mol. The van der Waals surface area contributed by atoms with Gasteiger partial charge in [0.15, 0.2) is 0 Å². The van der Waals surface area contributed by atoms with E-state index in [0.29, 0.717) is 6.54 Å². The minimum atomic E-state index is -0.281. The zero-order valence-corrected chi connectivity index (χ0v) is 14.4. The number of carbonyl (C=O) groups is 2. The number of aromatic nitrogens is 1. The molecule has 2 aromatic rings. The van der Waals surface area contributed by atoms with Crippen LogP contribution in [0.15, 0.2) is 42.5 Å². The number of nitrogens with one attached hydrogen (secondary N) is 2. The fourth-order valence-electron chi connectivity index (χ4n) is 3.11. The molecular formula is C20H23N3O2. The highest BCUT2D eigenvalue weighted by Gasteiger charge is 2.19. The van der Waals surface area contributed by atoms with Crippen LogP contribution in [0.4, 0.5) is 0 Å². The van der Waals surface area contributed by atoms with Crippen molar-refractivity contribution in [2.24, 2.45) is 0 Å². The van der Waals surface area contributed by atoms with Gasteiger partial charge in [0.05, 0.1) is 0 Å². The number of carbonyl (C=O) groups excluding carboxylic acids is 2. The Morgan fingerprint density at radius 2 is 1.72 bits per heavy atom. The molecule has 2 amide bonds. The van der Waals surface area contributed by atoms with Gasteiger partial charge in [0, 0.05) is 12.6 Å². The number of aryl methyl sites for hydroxylation is 1. The molecule has 0 saturated heterocycles. The van der Waals surface area contributed by atoms with Crippen molar-refractivity contribution < 1.29 is 9.59 Å². The number of hydrogen-bond acceptors (Lipinski definition) is 3. The second-order valence-electron chi connectivity index (χ2n) is 6.53. The van der Waals surface area contributed by atoms with E-state index >= 15 is 0 Å². The molecule has 1 aromatic heterocycles. The Labute approximate surface area is 147 Å². The van der Waals surface area contributed by atoms with Gasteiger partial charge in [0.25, 0.3) is 11.8 Å². The maximum atomic E-state index is 12.3. The molecule has 1 heterocycles. The van der Waals surface area contributed by atoms with E-state index in [4.69, 9.17) is 0 Å². The average molecular weight is 337 g/mol. The van der Waals surface area contributed by atoms with E-state index in [1.54, 1.807) is 18.2 Å². The third kappa shape index (κ3) is 4.66. The van der Waals surface area contributed by atoms with Gasteiger partial charge in [-0.3, -0.25) is 9.59 Å². The van der Waals surface area contributed by atoms with Crippen molar-refractivity contribution in [3.05, 3.63) is 65.0 Å². The van der Waals surface area contributed by atoms with Crippen molar-refractivity contribution in [1.82, 2.24) is 15.6 Å². The van der Waals surface area contributed by atoms with E-state index in [9.17, 15) is 9.59 Å². The van der Waals surface area contributed by atoms with Crippen molar-refractivity contribution >= 4 is 11.8 Å². The summed E-state index contributed by atoms with van der Waals surface area (Å²) in [7, 11) is 0. The first-order chi connectivity index (χ1) is 12.1. The van der Waals surface area contributed by atoms with E-state index in [2.05, 4.69) is 15.6 Å². The summed E-state index contributed by atoms with van der Waals surface area (Å²) in [5, 5.41) is 5.84. The minimum Gasteiger partial charge on any atom is -0.348 e. The van der Waals surface area contributed by atoms with Crippen LogP contribution in [0.25, 0.3) is 0 Å². The monoisotopic (exact) mass is 337 g/mol. The third-order valence-electron chi connectivity index (χ3n) is 4.44. The maximum Gasteiger partial charge on any atom is 0.270 e. The fraction of sp³-hybridized carbons (Fsp3) is 0.350. The summed E-state index contributed by atoms with van der Waals surface area (Å²) in [5.41, 5.74) is 2.72. The van der Waals surface area contributed by atoms with Crippen LogP contribution in [0.2, 0.25) is 0 Å². The zero-order valence-electron chi connectivity index (χ0n) is 14.4. The number of nitrogens with zero attached hydrogens (tertiary/aromatic N) is 1. The lowest BCUT2D eigenvalue weighted by Crippen LogP contribution is -2.33. The average Bonchev–Trinajstić information content (AvgIpc) is 3.13. The normalized spacial score (nSPS) is 14.3. The zero-order chi connectivity index (χ0) is 17.6. The largest absolute Gasteiger partial charge is 0.348 e. The second-order valence-corrected chi connectivity index (χ2v) is 6.53. The molecule has 0 spiro atoms. The number of hydrogen-bond donors (Lipinski definition) is 2. The van der Waals surface area contributed by atoms with E-state index in [0.717, 1.165) is 36.8 Å². The molecule has 1 saturated carbocycles. The van der Waals surface area contributed by atoms with Gasteiger partial charge in [-0.05, 0) is 37.5 Å². The van der Waals surface area contributed by atoms with Gasteiger partial charge in [0.2, 0.25) is 0 Å². The van der Waals surface area contributed by atoms with E-state index < -0.39 is 0 Å². The van der Waals surface area contributed by atoms with Crippen LogP contribution in [0.3, 0.4) is 0 Å². The minimum absolute atomic E-state index is 0.208. The van der Waals surface area contributed by atoms with Crippen LogP contribution in [-0.2, 0) is 6.54 Å². The Morgan fingerprint density at radius 3 is 2.44 bits per heavy atom. The highest BCUT2D eigenvalue weighted by atomic mass is 16.2. The van der Waals surface area contributed by atoms with Gasteiger partial charge in [-0.15, -0.1) is 0 Å². The second kappa shape index (κ2) is 7.92. The lowest BCUT2D eigenvalue weighted by molar-refractivity contribution is 0.0931. The van der Waals surface area contributed by atoms with Crippen LogP contribution in [0, 0.1) is 6.92 Å². The molecule has 5 heteroatoms. The fourth-order valence-corrected chi connectivity index (χ4v) is 3.11. The highest BCUT2D eigenvalue weighted by Crippen LogP contribution is 2.18. The number of benzene rings is 1. The maximum absolute atomic E-state index is 12.3. The van der Waals surface area contributed by atoms with Crippen molar-refractivity contribution in [3.63, 3.8) is 0 Å². The molecule has 0 bridgehead atoms. The van der Waals surface area contributed by atoms with E-state index in [-0.39, 0.29) is 29.2 Å². The molecule has 25 heavy (non-hydrogen) atoms. The van der Waals surface area contributed by atoms with Crippen molar-refractivity contribution in [2.45, 2.75) is 45.2 Å². The van der Waals surface area contributed by atoms with Gasteiger partial charge in [0.1, 0.15) is 11.4 Å². The van der Waals surface area contributed by atoms with Crippen LogP contribution in [0.5, 0.6) is 0 Å². The van der Waals surface area contributed by atoms with Gasteiger partial charge < -0.3 is 10.6 Å². The molecule has 5 nitrogen and oxygen atoms in total. The van der Waals surface area contributed by atoms with Crippen LogP contribution < -0.4 is 10.6 Å². The SMILES string of the molecule is Cc1cccc(CNC(=O)c2cccc(C(=O)NC3CCCC3)n2)c1. The Bertz CT molecular complexity index is 767. The van der Waals surface area contributed by atoms with Crippen molar-refractivity contribution in [3.8, 4) is 0 Å². The topological polar surface area (TPSA) is 71.1 Å². The summed E-state index contributed by atoms with van der Waals surface area (Å²) in [6.45, 7) is 2.44. The van der Waals surface area contributed by atoms with Crippen molar-refractivity contribution in [1.29, 1.82) is 0 Å². The van der Waals surface area contributed by atoms with Crippen LogP contribution in [0.1, 0.15) is 57.8 Å². The molecule has 0 unspecified atom stereocenters. The first kappa shape index (κ1) is 17.1. The highest BCUT2D eigenvalue weighted by molar-refractivity contribution is 5.96. The Morgan fingerprint density at radius 1 is 1.04 bits per heavy atom. The molecule has 2 N–H and O–H groups in total. The number of amides is 2. The molecule has 0 aliphatic heterocycles. The predicted octanol–water partition coefficient (Wildman–Crippen LogP) is 2.99. The van der Waals surface area contributed by atoms with Gasteiger partial charge in [-0.1, -0.05) is 48.7 Å². The summed E-state index contributed by atoms with van der Waals surface area (Å²) in [6.07, 6.45) is 4.34. The van der Waals surface area contributed by atoms with Crippen LogP contribution >= 0.6 is 0 Å². The molecular weight excluding hydrogens is 314 g/mol. The first-order valence-electron chi connectivity index (χ1n) is 8.73. The third-order valence-corrected chi connectivity index (χ3v) is 4.44. The molecule has 0 atom stereocenters. The Balaban J connectivity index is 1.61. The molecule has 1 fully saturated rings.